The summed E-state index contributed by atoms with van der Waals surface area (Å²) in [6.07, 6.45) is 6.16. The highest BCUT2D eigenvalue weighted by Crippen LogP contribution is 2.29. The zero-order valence-electron chi connectivity index (χ0n) is 18.9. The second-order valence-electron chi connectivity index (χ2n) is 7.66. The molecule has 2 aromatic carbocycles. The van der Waals surface area contributed by atoms with Gasteiger partial charge < -0.3 is 0 Å². The van der Waals surface area contributed by atoms with Gasteiger partial charge in [0.15, 0.2) is 0 Å². The van der Waals surface area contributed by atoms with Crippen LogP contribution in [-0.2, 0) is 40.1 Å². The van der Waals surface area contributed by atoms with Crippen molar-refractivity contribution in [1.82, 2.24) is 7.42 Å². The van der Waals surface area contributed by atoms with Crippen molar-refractivity contribution >= 4 is 52.2 Å². The Hall–Kier alpha value is -2.10. The van der Waals surface area contributed by atoms with E-state index in [2.05, 4.69) is 0 Å². The molecule has 0 aliphatic rings. The summed E-state index contributed by atoms with van der Waals surface area (Å²) in [5.41, 5.74) is 1.71. The summed E-state index contributed by atoms with van der Waals surface area (Å²) in [5, 5.41) is 0. The maximum absolute atomic E-state index is 12.4. The van der Waals surface area contributed by atoms with Crippen LogP contribution in [0.2, 0.25) is 0 Å². The number of nitrogens with zero attached hydrogens (tertiary/aromatic N) is 2. The minimum atomic E-state index is -4.45. The van der Waals surface area contributed by atoms with Crippen molar-refractivity contribution in [2.45, 2.75) is 6.04 Å². The smallest absolute Gasteiger partial charge is 0.212 e. The lowest BCUT2D eigenvalue weighted by atomic mass is 10.0. The maximum Gasteiger partial charge on any atom is 0.224 e. The number of hydrogen-bond donors (Lipinski definition) is 0. The van der Waals surface area contributed by atoms with E-state index in [9.17, 15) is 33.7 Å². The average molecular weight is 551 g/mol. The lowest BCUT2D eigenvalue weighted by Crippen LogP contribution is -2.46. The molecular weight excluding hydrogens is 524 g/mol. The third-order valence-corrected chi connectivity index (χ3v) is 11.4. The Morgan fingerprint density at radius 3 is 1.41 bits per heavy atom. The normalized spacial score (nSPS) is 14.6. The minimum absolute atomic E-state index is 0.0806. The summed E-state index contributed by atoms with van der Waals surface area (Å²) in [7, 11) is -17.7. The molecule has 0 aliphatic heterocycles. The van der Waals surface area contributed by atoms with Gasteiger partial charge in [0, 0.05) is 0 Å². The van der Waals surface area contributed by atoms with E-state index in [0.29, 0.717) is 30.6 Å². The lowest BCUT2D eigenvalue weighted by Gasteiger charge is -2.31. The summed E-state index contributed by atoms with van der Waals surface area (Å²) < 4.78 is 98.5. The molecule has 0 aliphatic carbocycles. The molecule has 10 nitrogen and oxygen atoms in total. The van der Waals surface area contributed by atoms with E-state index < -0.39 is 52.7 Å². The van der Waals surface area contributed by atoms with E-state index in [1.54, 1.807) is 18.2 Å². The molecule has 0 unspecified atom stereocenters. The van der Waals surface area contributed by atoms with E-state index >= 15 is 0 Å². The zero-order chi connectivity index (χ0) is 25.9. The molecule has 0 amide bonds. The molecule has 0 spiro atoms. The van der Waals surface area contributed by atoms with Crippen molar-refractivity contribution in [1.29, 1.82) is 0 Å². The third-order valence-electron chi connectivity index (χ3n) is 4.56. The van der Waals surface area contributed by atoms with Crippen LogP contribution in [0.5, 0.6) is 0 Å². The fourth-order valence-electron chi connectivity index (χ4n) is 3.25. The van der Waals surface area contributed by atoms with Gasteiger partial charge in [-0.05, 0) is 16.7 Å². The standard InChI is InChI=1S/C20H26N2O8S4/c1-31(23,24)21(32(2,25)26)16-20(22(33(3,27)28)34(4,29)30)19-14-12-18(13-15-19)11-10-17-8-6-5-7-9-17/h5-15,20H,16H2,1-4H3/b11-10+/t20-/m1/s1. The van der Waals surface area contributed by atoms with Crippen molar-refractivity contribution in [3.63, 3.8) is 0 Å². The van der Waals surface area contributed by atoms with Gasteiger partial charge in [-0.25, -0.2) is 33.7 Å². The molecule has 0 saturated carbocycles. The quantitative estimate of drug-likeness (QED) is 0.403. The zero-order valence-corrected chi connectivity index (χ0v) is 22.2. The molecule has 0 aromatic heterocycles. The van der Waals surface area contributed by atoms with Gasteiger partial charge in [-0.15, -0.1) is 0 Å². The molecule has 0 heterocycles. The molecule has 188 valence electrons. The number of rotatable bonds is 10. The summed E-state index contributed by atoms with van der Waals surface area (Å²) in [4.78, 5) is 0. The first kappa shape index (κ1) is 28.1. The molecule has 0 N–H and O–H groups in total. The van der Waals surface area contributed by atoms with E-state index in [-0.39, 0.29) is 13.0 Å². The van der Waals surface area contributed by atoms with E-state index in [4.69, 9.17) is 0 Å². The number of benzene rings is 2. The van der Waals surface area contributed by atoms with Crippen LogP contribution in [0, 0.1) is 0 Å². The van der Waals surface area contributed by atoms with E-state index in [1.807, 2.05) is 36.4 Å². The fourth-order valence-corrected chi connectivity index (χ4v) is 9.31. The molecular formula is C20H26N2O8S4. The fraction of sp³-hybridized carbons (Fsp3) is 0.300. The molecule has 0 fully saturated rings. The topological polar surface area (TPSA) is 143 Å². The van der Waals surface area contributed by atoms with Gasteiger partial charge in [0.25, 0.3) is 0 Å². The molecule has 34 heavy (non-hydrogen) atoms. The lowest BCUT2D eigenvalue weighted by molar-refractivity contribution is 0.388. The van der Waals surface area contributed by atoms with Crippen LogP contribution in [0.1, 0.15) is 22.7 Å². The molecule has 2 rings (SSSR count). The number of hydrogen-bond acceptors (Lipinski definition) is 8. The van der Waals surface area contributed by atoms with Gasteiger partial charge in [0.05, 0.1) is 37.6 Å². The Kier molecular flexibility index (Phi) is 8.49. The SMILES string of the molecule is CS(=O)(=O)N(C[C@H](c1ccc(/C=C/c2ccccc2)cc1)N(S(C)(=O)=O)S(C)(=O)=O)S(C)(=O)=O. The van der Waals surface area contributed by atoms with E-state index in [0.717, 1.165) is 5.56 Å². The van der Waals surface area contributed by atoms with Crippen molar-refractivity contribution in [3.8, 4) is 0 Å². The van der Waals surface area contributed by atoms with Gasteiger partial charge in [-0.1, -0.05) is 74.2 Å². The van der Waals surface area contributed by atoms with Crippen LogP contribution in [0.3, 0.4) is 0 Å². The highest BCUT2D eigenvalue weighted by molar-refractivity contribution is 8.04. The van der Waals surface area contributed by atoms with Crippen molar-refractivity contribution in [3.05, 3.63) is 71.3 Å². The van der Waals surface area contributed by atoms with Gasteiger partial charge in [0.2, 0.25) is 40.1 Å². The molecule has 0 bridgehead atoms. The summed E-state index contributed by atoms with van der Waals surface area (Å²) in [6.45, 7) is -0.961. The average Bonchev–Trinajstić information content (AvgIpc) is 2.66. The van der Waals surface area contributed by atoms with Crippen LogP contribution in [-0.4, -0.2) is 72.7 Å². The predicted molar refractivity (Wildman–Crippen MR) is 132 cm³/mol. The largest absolute Gasteiger partial charge is 0.224 e. The van der Waals surface area contributed by atoms with Crippen molar-refractivity contribution < 1.29 is 33.7 Å². The highest BCUT2D eigenvalue weighted by Gasteiger charge is 2.40. The van der Waals surface area contributed by atoms with Gasteiger partial charge >= 0.3 is 0 Å². The van der Waals surface area contributed by atoms with Crippen molar-refractivity contribution in [2.75, 3.05) is 31.6 Å². The van der Waals surface area contributed by atoms with Crippen LogP contribution in [0.25, 0.3) is 12.2 Å². The summed E-state index contributed by atoms with van der Waals surface area (Å²) in [5.74, 6) is 0. The second kappa shape index (κ2) is 10.3. The summed E-state index contributed by atoms with van der Waals surface area (Å²) >= 11 is 0. The first-order valence-electron chi connectivity index (χ1n) is 9.61. The first-order valence-corrected chi connectivity index (χ1v) is 17.0. The molecule has 14 heteroatoms. The Balaban J connectivity index is 2.60. The van der Waals surface area contributed by atoms with Gasteiger partial charge in [-0.3, -0.25) is 0 Å². The maximum atomic E-state index is 12.4. The first-order chi connectivity index (χ1) is 15.4. The molecule has 2 aromatic rings. The predicted octanol–water partition coefficient (Wildman–Crippen LogP) is 1.34. The van der Waals surface area contributed by atoms with Crippen molar-refractivity contribution in [2.24, 2.45) is 0 Å². The third kappa shape index (κ3) is 7.71. The minimum Gasteiger partial charge on any atom is -0.212 e. The molecule has 0 saturated heterocycles. The Labute approximate surface area is 201 Å². The molecule has 1 atom stereocenters. The second-order valence-corrected chi connectivity index (χ2v) is 15.7. The Bertz CT molecular complexity index is 1400. The van der Waals surface area contributed by atoms with Gasteiger partial charge in [0.1, 0.15) is 0 Å². The van der Waals surface area contributed by atoms with Crippen LogP contribution in [0.15, 0.2) is 54.6 Å². The van der Waals surface area contributed by atoms with Gasteiger partial charge in [-0.2, -0.15) is 0 Å². The van der Waals surface area contributed by atoms with Crippen LogP contribution < -0.4 is 0 Å². The summed E-state index contributed by atoms with van der Waals surface area (Å²) in [6, 6.07) is 13.7. The highest BCUT2D eigenvalue weighted by atomic mass is 32.3. The Morgan fingerprint density at radius 2 is 1.03 bits per heavy atom. The van der Waals surface area contributed by atoms with E-state index in [1.165, 1.54) is 12.1 Å². The monoisotopic (exact) mass is 550 g/mol. The molecule has 0 radical (unpaired) electrons. The Morgan fingerprint density at radius 1 is 0.618 bits per heavy atom. The van der Waals surface area contributed by atoms with Crippen LogP contribution in [0.4, 0.5) is 0 Å². The number of sulfonamides is 4. The van der Waals surface area contributed by atoms with Crippen LogP contribution >= 0.6 is 0 Å².